The van der Waals surface area contributed by atoms with Crippen LogP contribution in [0.4, 0.5) is 0 Å². The van der Waals surface area contributed by atoms with Gasteiger partial charge in [-0.25, -0.2) is 9.97 Å². The zero-order valence-corrected chi connectivity index (χ0v) is 12.6. The Kier molecular flexibility index (Phi) is 2.69. The normalized spacial score (nSPS) is 11.3. The number of hydrogen-bond donors (Lipinski definition) is 2. The Morgan fingerprint density at radius 1 is 0.625 bits per heavy atom. The van der Waals surface area contributed by atoms with Crippen molar-refractivity contribution in [3.63, 3.8) is 0 Å². The van der Waals surface area contributed by atoms with Gasteiger partial charge in [-0.05, 0) is 12.1 Å². The predicted molar refractivity (Wildman–Crippen MR) is 92.2 cm³/mol. The van der Waals surface area contributed by atoms with Crippen LogP contribution in [0.15, 0.2) is 61.2 Å². The van der Waals surface area contributed by atoms with E-state index in [1.165, 1.54) is 0 Å². The minimum absolute atomic E-state index is 0.798. The van der Waals surface area contributed by atoms with Crippen LogP contribution < -0.4 is 0 Å². The molecule has 24 heavy (non-hydrogen) atoms. The van der Waals surface area contributed by atoms with E-state index in [0.717, 1.165) is 44.8 Å². The largest absolute Gasteiger partial charge is 0.337 e. The highest BCUT2D eigenvalue weighted by atomic mass is 15.0. The van der Waals surface area contributed by atoms with Crippen molar-refractivity contribution < 1.29 is 0 Å². The number of H-pyrrole nitrogens is 2. The Balaban J connectivity index is 1.72. The molecule has 5 rings (SSSR count). The number of aromatic nitrogens is 6. The van der Waals surface area contributed by atoms with E-state index in [0.29, 0.717) is 0 Å². The highest BCUT2D eigenvalue weighted by molar-refractivity contribution is 5.86. The number of benzene rings is 1. The van der Waals surface area contributed by atoms with Gasteiger partial charge in [0.2, 0.25) is 0 Å². The Hall–Kier alpha value is -3.54. The average molecular weight is 312 g/mol. The van der Waals surface area contributed by atoms with Crippen LogP contribution >= 0.6 is 0 Å². The summed E-state index contributed by atoms with van der Waals surface area (Å²) in [6, 6.07) is 11.8. The van der Waals surface area contributed by atoms with Crippen molar-refractivity contribution in [3.8, 4) is 22.8 Å². The van der Waals surface area contributed by atoms with E-state index in [2.05, 4.69) is 29.9 Å². The minimum Gasteiger partial charge on any atom is -0.337 e. The van der Waals surface area contributed by atoms with E-state index in [9.17, 15) is 0 Å². The number of nitrogens with one attached hydrogen (secondary N) is 2. The first-order valence-electron chi connectivity index (χ1n) is 7.58. The second kappa shape index (κ2) is 4.99. The minimum atomic E-state index is 0.798. The second-order valence-corrected chi connectivity index (χ2v) is 5.50. The average Bonchev–Trinajstić information content (AvgIpc) is 3.25. The van der Waals surface area contributed by atoms with E-state index in [1.54, 1.807) is 24.8 Å². The van der Waals surface area contributed by atoms with Crippen LogP contribution in [0.5, 0.6) is 0 Å². The molecule has 0 amide bonds. The third kappa shape index (κ3) is 1.97. The van der Waals surface area contributed by atoms with Crippen molar-refractivity contribution in [2.45, 2.75) is 0 Å². The lowest BCUT2D eigenvalue weighted by molar-refractivity contribution is 1.29. The molecule has 0 atom stereocenters. The van der Waals surface area contributed by atoms with Gasteiger partial charge in [-0.15, -0.1) is 0 Å². The van der Waals surface area contributed by atoms with Gasteiger partial charge in [0.05, 0.1) is 34.5 Å². The van der Waals surface area contributed by atoms with Crippen LogP contribution in [0.1, 0.15) is 0 Å². The zero-order valence-electron chi connectivity index (χ0n) is 12.6. The third-order valence-electron chi connectivity index (χ3n) is 4.00. The lowest BCUT2D eigenvalue weighted by Crippen LogP contribution is -1.88. The summed E-state index contributed by atoms with van der Waals surface area (Å²) in [6.07, 6.45) is 7.04. The number of hydrogen-bond acceptors (Lipinski definition) is 4. The van der Waals surface area contributed by atoms with Crippen LogP contribution in [0.3, 0.4) is 0 Å². The molecule has 4 heterocycles. The molecule has 114 valence electrons. The van der Waals surface area contributed by atoms with Crippen molar-refractivity contribution >= 4 is 22.1 Å². The molecule has 0 saturated carbocycles. The van der Waals surface area contributed by atoms with Gasteiger partial charge in [-0.3, -0.25) is 9.97 Å². The first-order valence-corrected chi connectivity index (χ1v) is 7.58. The van der Waals surface area contributed by atoms with Gasteiger partial charge < -0.3 is 9.97 Å². The first-order chi connectivity index (χ1) is 11.9. The quantitative estimate of drug-likeness (QED) is 0.522. The second-order valence-electron chi connectivity index (χ2n) is 5.50. The summed E-state index contributed by atoms with van der Waals surface area (Å²) < 4.78 is 0. The standard InChI is InChI=1S/C18H12N6/c1-2-4-12(18-22-14-6-8-20-10-16(14)24-18)11(3-1)17-21-13-5-7-19-9-15(13)23-17/h1-10H,(H,21,23)(H,22,24). The van der Waals surface area contributed by atoms with E-state index in [4.69, 9.17) is 0 Å². The molecule has 6 nitrogen and oxygen atoms in total. The molecule has 0 aliphatic heterocycles. The number of nitrogens with zero attached hydrogens (tertiary/aromatic N) is 4. The van der Waals surface area contributed by atoms with Gasteiger partial charge in [0.1, 0.15) is 11.6 Å². The van der Waals surface area contributed by atoms with Crippen molar-refractivity contribution in [2.75, 3.05) is 0 Å². The maximum Gasteiger partial charge on any atom is 0.139 e. The van der Waals surface area contributed by atoms with Gasteiger partial charge in [0.15, 0.2) is 0 Å². The molecule has 2 N–H and O–H groups in total. The molecule has 0 fully saturated rings. The molecule has 4 aromatic heterocycles. The van der Waals surface area contributed by atoms with Crippen molar-refractivity contribution in [3.05, 3.63) is 61.2 Å². The first kappa shape index (κ1) is 13.0. The van der Waals surface area contributed by atoms with Gasteiger partial charge >= 0.3 is 0 Å². The van der Waals surface area contributed by atoms with Gasteiger partial charge in [0.25, 0.3) is 0 Å². The summed E-state index contributed by atoms with van der Waals surface area (Å²) in [7, 11) is 0. The molecule has 6 heteroatoms. The lowest BCUT2D eigenvalue weighted by Gasteiger charge is -2.04. The Morgan fingerprint density at radius 2 is 1.12 bits per heavy atom. The van der Waals surface area contributed by atoms with Gasteiger partial charge in [-0.2, -0.15) is 0 Å². The van der Waals surface area contributed by atoms with Crippen LogP contribution in [0.2, 0.25) is 0 Å². The zero-order chi connectivity index (χ0) is 15.9. The summed E-state index contributed by atoms with van der Waals surface area (Å²) in [5.74, 6) is 1.60. The Labute approximate surface area is 136 Å². The van der Waals surface area contributed by atoms with Gasteiger partial charge in [0, 0.05) is 23.5 Å². The molecular formula is C18H12N6. The molecule has 0 saturated heterocycles. The molecular weight excluding hydrogens is 300 g/mol. The van der Waals surface area contributed by atoms with E-state index < -0.39 is 0 Å². The summed E-state index contributed by atoms with van der Waals surface area (Å²) in [5.41, 5.74) is 5.58. The van der Waals surface area contributed by atoms with Crippen LogP contribution in [0, 0.1) is 0 Å². The third-order valence-corrected chi connectivity index (χ3v) is 4.00. The van der Waals surface area contributed by atoms with E-state index in [-0.39, 0.29) is 0 Å². The fraction of sp³-hybridized carbons (Fsp3) is 0. The van der Waals surface area contributed by atoms with Crippen molar-refractivity contribution in [2.24, 2.45) is 0 Å². The molecule has 0 spiro atoms. The molecule has 0 unspecified atom stereocenters. The number of fused-ring (bicyclic) bond motifs is 2. The Morgan fingerprint density at radius 3 is 1.58 bits per heavy atom. The van der Waals surface area contributed by atoms with Crippen LogP contribution in [-0.4, -0.2) is 29.9 Å². The highest BCUT2D eigenvalue weighted by Crippen LogP contribution is 2.30. The fourth-order valence-corrected chi connectivity index (χ4v) is 2.86. The maximum absolute atomic E-state index is 4.67. The van der Waals surface area contributed by atoms with E-state index >= 15 is 0 Å². The topological polar surface area (TPSA) is 83.1 Å². The summed E-state index contributed by atoms with van der Waals surface area (Å²) >= 11 is 0. The summed E-state index contributed by atoms with van der Waals surface area (Å²) in [6.45, 7) is 0. The molecule has 0 bridgehead atoms. The summed E-state index contributed by atoms with van der Waals surface area (Å²) in [5, 5.41) is 0. The van der Waals surface area contributed by atoms with Crippen molar-refractivity contribution in [1.29, 1.82) is 0 Å². The SMILES string of the molecule is c1ccc(-c2nc3ccncc3[nH]2)c(-c2nc3ccncc3[nH]2)c1. The van der Waals surface area contributed by atoms with Crippen LogP contribution in [0.25, 0.3) is 44.8 Å². The predicted octanol–water partition coefficient (Wildman–Crippen LogP) is 3.56. The fourth-order valence-electron chi connectivity index (χ4n) is 2.86. The Bertz CT molecular complexity index is 1010. The summed E-state index contributed by atoms with van der Waals surface area (Å²) in [4.78, 5) is 24.3. The molecule has 5 aromatic rings. The lowest BCUT2D eigenvalue weighted by atomic mass is 10.1. The highest BCUT2D eigenvalue weighted by Gasteiger charge is 2.14. The van der Waals surface area contributed by atoms with Gasteiger partial charge in [-0.1, -0.05) is 24.3 Å². The number of pyridine rings is 2. The number of aromatic amines is 2. The van der Waals surface area contributed by atoms with Crippen LogP contribution in [-0.2, 0) is 0 Å². The molecule has 1 aromatic carbocycles. The maximum atomic E-state index is 4.67. The number of imidazole rings is 2. The monoisotopic (exact) mass is 312 g/mol. The number of rotatable bonds is 2. The van der Waals surface area contributed by atoms with E-state index in [1.807, 2.05) is 36.4 Å². The molecule has 0 radical (unpaired) electrons. The smallest absolute Gasteiger partial charge is 0.139 e. The molecule has 0 aliphatic carbocycles. The van der Waals surface area contributed by atoms with Crippen molar-refractivity contribution in [1.82, 2.24) is 29.9 Å². The molecule has 0 aliphatic rings.